The van der Waals surface area contributed by atoms with E-state index in [1.165, 1.54) is 24.8 Å². The van der Waals surface area contributed by atoms with Gasteiger partial charge in [-0.05, 0) is 32.0 Å². The minimum Gasteiger partial charge on any atom is -0.497 e. The number of rotatable bonds is 9. The Kier molecular flexibility index (Phi) is 9.86. The number of hydrogen-bond donors (Lipinski definition) is 1. The van der Waals surface area contributed by atoms with Crippen LogP contribution in [0.5, 0.6) is 5.75 Å². The number of hydrogen-bond acceptors (Lipinski definition) is 8. The van der Waals surface area contributed by atoms with Crippen LogP contribution in [0, 0.1) is 36.3 Å². The minimum absolute atomic E-state index is 0.178. The van der Waals surface area contributed by atoms with E-state index in [9.17, 15) is 30.3 Å². The van der Waals surface area contributed by atoms with Gasteiger partial charge >= 0.3 is 11.4 Å². The molecule has 2 rings (SSSR count). The average molecular weight is 463 g/mol. The maximum absolute atomic E-state index is 10.4. The van der Waals surface area contributed by atoms with Crippen molar-refractivity contribution in [2.75, 3.05) is 14.1 Å². The molecule has 0 aromatic heterocycles. The first-order chi connectivity index (χ1) is 15.4. The Balaban J connectivity index is 0.000000331. The van der Waals surface area contributed by atoms with Crippen molar-refractivity contribution in [3.05, 3.63) is 78.4 Å². The number of nitro groups is 3. The molecule has 0 heterocycles. The molecule has 2 aromatic carbocycles. The topological polar surface area (TPSA) is 153 Å². The Hall–Kier alpha value is -3.60. The van der Waals surface area contributed by atoms with Crippen molar-refractivity contribution in [1.29, 1.82) is 0 Å². The summed E-state index contributed by atoms with van der Waals surface area (Å²) in [5, 5.41) is 40.2. The van der Waals surface area contributed by atoms with Gasteiger partial charge in [-0.1, -0.05) is 63.9 Å². The number of non-ortho nitro benzene ring substituents is 1. The summed E-state index contributed by atoms with van der Waals surface area (Å²) >= 11 is 0. The number of nitrogens with zero attached hydrogens (tertiary/aromatic N) is 4. The van der Waals surface area contributed by atoms with Crippen LogP contribution in [-0.4, -0.2) is 38.9 Å². The summed E-state index contributed by atoms with van der Waals surface area (Å²) in [4.78, 5) is 30.2. The van der Waals surface area contributed by atoms with E-state index in [0.717, 1.165) is 0 Å². The molecule has 1 atom stereocenters. The quantitative estimate of drug-likeness (QED) is 0.383. The Labute approximate surface area is 192 Å². The van der Waals surface area contributed by atoms with Gasteiger partial charge in [0.2, 0.25) is 0 Å². The summed E-state index contributed by atoms with van der Waals surface area (Å²) in [7, 11) is 4.42. The first-order valence-corrected chi connectivity index (χ1v) is 10.4. The van der Waals surface area contributed by atoms with Crippen LogP contribution in [0.3, 0.4) is 0 Å². The summed E-state index contributed by atoms with van der Waals surface area (Å²) in [5.74, 6) is -0.591. The van der Waals surface area contributed by atoms with Crippen LogP contribution < -0.4 is 0 Å². The smallest absolute Gasteiger partial charge is 0.324 e. The van der Waals surface area contributed by atoms with Gasteiger partial charge in [0.1, 0.15) is 0 Å². The molecule has 0 aliphatic rings. The third-order valence-electron chi connectivity index (χ3n) is 5.60. The summed E-state index contributed by atoms with van der Waals surface area (Å²) in [6.45, 7) is 6.94. The molecule has 0 radical (unpaired) electrons. The second-order valence-corrected chi connectivity index (χ2v) is 8.05. The lowest BCUT2D eigenvalue weighted by atomic mass is 9.75. The van der Waals surface area contributed by atoms with E-state index in [4.69, 9.17) is 5.11 Å². The lowest BCUT2D eigenvalue weighted by Gasteiger charge is -2.44. The van der Waals surface area contributed by atoms with E-state index < -0.39 is 37.6 Å². The van der Waals surface area contributed by atoms with E-state index in [1.54, 1.807) is 0 Å². The summed E-state index contributed by atoms with van der Waals surface area (Å²) in [6, 6.07) is 11.9. The minimum atomic E-state index is -1.21. The molecule has 11 heteroatoms. The second kappa shape index (κ2) is 11.9. The van der Waals surface area contributed by atoms with E-state index in [1.807, 2.05) is 0 Å². The van der Waals surface area contributed by atoms with Crippen molar-refractivity contribution in [1.82, 2.24) is 4.90 Å². The fraction of sp³-hybridized carbons (Fsp3) is 0.455. The third-order valence-corrected chi connectivity index (χ3v) is 5.60. The van der Waals surface area contributed by atoms with Crippen LogP contribution in [0.4, 0.5) is 17.1 Å². The molecular formula is C22H30N4O7. The van der Waals surface area contributed by atoms with Crippen molar-refractivity contribution >= 4 is 17.1 Å². The number of benzene rings is 2. The zero-order chi connectivity index (χ0) is 25.3. The molecule has 0 amide bonds. The van der Waals surface area contributed by atoms with Crippen molar-refractivity contribution in [3.8, 4) is 5.75 Å². The van der Waals surface area contributed by atoms with Gasteiger partial charge in [-0.15, -0.1) is 0 Å². The van der Waals surface area contributed by atoms with Gasteiger partial charge in [0.25, 0.3) is 11.4 Å². The highest BCUT2D eigenvalue weighted by molar-refractivity contribution is 5.64. The summed E-state index contributed by atoms with van der Waals surface area (Å²) < 4.78 is 0. The van der Waals surface area contributed by atoms with Gasteiger partial charge in [0, 0.05) is 5.54 Å². The van der Waals surface area contributed by atoms with Crippen LogP contribution in [0.25, 0.3) is 0 Å². The third kappa shape index (κ3) is 6.45. The van der Waals surface area contributed by atoms with Gasteiger partial charge in [-0.2, -0.15) is 0 Å². The predicted molar refractivity (Wildman–Crippen MR) is 124 cm³/mol. The highest BCUT2D eigenvalue weighted by atomic mass is 16.6. The Morgan fingerprint density at radius 1 is 0.939 bits per heavy atom. The molecule has 0 saturated carbocycles. The zero-order valence-electron chi connectivity index (χ0n) is 19.4. The van der Waals surface area contributed by atoms with Gasteiger partial charge in [-0.25, -0.2) is 0 Å². The number of phenols is 1. The predicted octanol–water partition coefficient (Wildman–Crippen LogP) is 5.41. The molecule has 33 heavy (non-hydrogen) atoms. The normalized spacial score (nSPS) is 12.6. The molecule has 1 N–H and O–H groups in total. The van der Waals surface area contributed by atoms with Gasteiger partial charge in [0.05, 0.1) is 26.9 Å². The molecule has 11 nitrogen and oxygen atoms in total. The Bertz CT molecular complexity index is 935. The van der Waals surface area contributed by atoms with Gasteiger partial charge in [0.15, 0.2) is 0 Å². The van der Waals surface area contributed by atoms with E-state index >= 15 is 0 Å². The molecule has 0 saturated heterocycles. The maximum Gasteiger partial charge on any atom is 0.324 e. The van der Waals surface area contributed by atoms with Crippen LogP contribution in [0.2, 0.25) is 0 Å². The van der Waals surface area contributed by atoms with E-state index in [0.29, 0.717) is 18.1 Å². The second-order valence-electron chi connectivity index (χ2n) is 8.05. The molecule has 0 aliphatic carbocycles. The van der Waals surface area contributed by atoms with Crippen LogP contribution in [-0.2, 0) is 5.54 Å². The molecule has 2 aromatic rings. The largest absolute Gasteiger partial charge is 0.497 e. The highest BCUT2D eigenvalue weighted by Crippen LogP contribution is 2.40. The number of unbranched alkanes of at least 4 members (excludes halogenated alkanes) is 1. The first kappa shape index (κ1) is 27.4. The lowest BCUT2D eigenvalue weighted by molar-refractivity contribution is -0.404. The van der Waals surface area contributed by atoms with Crippen molar-refractivity contribution in [2.24, 2.45) is 5.92 Å². The molecule has 180 valence electrons. The molecule has 1 unspecified atom stereocenters. The number of phenolic OH excluding ortho intramolecular Hbond substituents is 1. The highest BCUT2D eigenvalue weighted by Gasteiger charge is 2.37. The molecule has 0 bridgehead atoms. The number of nitro benzene ring substituents is 3. The Morgan fingerprint density at radius 3 is 1.76 bits per heavy atom. The molecule has 0 spiro atoms. The van der Waals surface area contributed by atoms with Gasteiger partial charge in [-0.3, -0.25) is 35.2 Å². The van der Waals surface area contributed by atoms with Crippen molar-refractivity contribution < 1.29 is 19.9 Å². The van der Waals surface area contributed by atoms with Crippen molar-refractivity contribution in [3.63, 3.8) is 0 Å². The molecule has 0 aliphatic heterocycles. The molecule has 0 fully saturated rings. The fourth-order valence-corrected chi connectivity index (χ4v) is 3.91. The standard InChI is InChI=1S/C16H27N.C6H3N3O7/c1-6-7-13-16(14(2)3,17(4)5)15-11-9-8-10-12-15;10-6-4(8(13)14)1-3(7(11)12)2-5(6)9(15)16/h8-12,14H,6-7,13H2,1-5H3;1-2,10H. The Morgan fingerprint density at radius 2 is 1.42 bits per heavy atom. The number of aromatic hydroxyl groups is 1. The van der Waals surface area contributed by atoms with Crippen LogP contribution >= 0.6 is 0 Å². The maximum atomic E-state index is 10.4. The summed E-state index contributed by atoms with van der Waals surface area (Å²) in [5.41, 5.74) is -1.37. The van der Waals surface area contributed by atoms with Gasteiger partial charge < -0.3 is 5.11 Å². The van der Waals surface area contributed by atoms with Crippen LogP contribution in [0.15, 0.2) is 42.5 Å². The first-order valence-electron chi connectivity index (χ1n) is 10.4. The van der Waals surface area contributed by atoms with E-state index in [2.05, 4.69) is 70.1 Å². The average Bonchev–Trinajstić information content (AvgIpc) is 2.74. The summed E-state index contributed by atoms with van der Waals surface area (Å²) in [6.07, 6.45) is 3.78. The van der Waals surface area contributed by atoms with Crippen molar-refractivity contribution in [2.45, 2.75) is 45.6 Å². The zero-order valence-corrected chi connectivity index (χ0v) is 19.4. The lowest BCUT2D eigenvalue weighted by Crippen LogP contribution is -2.45. The van der Waals surface area contributed by atoms with Crippen LogP contribution in [0.1, 0.15) is 45.6 Å². The van der Waals surface area contributed by atoms with E-state index in [-0.39, 0.29) is 5.54 Å². The molecular weight excluding hydrogens is 432 g/mol. The monoisotopic (exact) mass is 462 g/mol. The fourth-order valence-electron chi connectivity index (χ4n) is 3.91. The SMILES string of the molecule is CCCCC(c1ccccc1)(C(C)C)N(C)C.O=[N+]([O-])c1cc([N+](=O)[O-])c(O)c([N+](=O)[O-])c1.